The Morgan fingerprint density at radius 1 is 1.39 bits per heavy atom. The van der Waals surface area contributed by atoms with E-state index in [0.29, 0.717) is 0 Å². The highest BCUT2D eigenvalue weighted by atomic mass is 16.3. The lowest BCUT2D eigenvalue weighted by molar-refractivity contribution is 0.134. The van der Waals surface area contributed by atoms with Crippen LogP contribution in [0.5, 0.6) is 0 Å². The second-order valence-electron chi connectivity index (χ2n) is 5.64. The van der Waals surface area contributed by atoms with Gasteiger partial charge in [-0.25, -0.2) is 0 Å². The van der Waals surface area contributed by atoms with E-state index < -0.39 is 0 Å². The Morgan fingerprint density at radius 3 is 2.61 bits per heavy atom. The van der Waals surface area contributed by atoms with Gasteiger partial charge in [-0.05, 0) is 66.0 Å². The molecule has 1 unspecified atom stereocenters. The summed E-state index contributed by atoms with van der Waals surface area (Å²) in [5.41, 5.74) is 0. The molecular weight excluding hydrogens is 226 g/mol. The van der Waals surface area contributed by atoms with Crippen molar-refractivity contribution in [1.82, 2.24) is 15.1 Å². The predicted molar refractivity (Wildman–Crippen MR) is 76.9 cm³/mol. The van der Waals surface area contributed by atoms with Crippen LogP contribution in [0.4, 0.5) is 0 Å². The van der Waals surface area contributed by atoms with E-state index in [1.165, 1.54) is 25.9 Å². The maximum Gasteiger partial charge on any atom is 0.0585 e. The van der Waals surface area contributed by atoms with Crippen molar-refractivity contribution in [2.75, 3.05) is 46.9 Å². The third kappa shape index (κ3) is 5.65. The molecule has 0 aliphatic carbocycles. The van der Waals surface area contributed by atoms with Crippen molar-refractivity contribution in [3.63, 3.8) is 0 Å². The van der Waals surface area contributed by atoms with E-state index in [-0.39, 0.29) is 12.6 Å². The molecule has 1 rings (SSSR count). The molecule has 0 spiro atoms. The average Bonchev–Trinajstić information content (AvgIpc) is 2.39. The lowest BCUT2D eigenvalue weighted by Crippen LogP contribution is -2.44. The largest absolute Gasteiger partial charge is 0.395 e. The molecule has 4 nitrogen and oxygen atoms in total. The second kappa shape index (κ2) is 8.86. The highest BCUT2D eigenvalue weighted by Crippen LogP contribution is 2.14. The van der Waals surface area contributed by atoms with Gasteiger partial charge in [-0.1, -0.05) is 6.92 Å². The van der Waals surface area contributed by atoms with Gasteiger partial charge in [-0.15, -0.1) is 0 Å². The van der Waals surface area contributed by atoms with Crippen molar-refractivity contribution in [3.8, 4) is 0 Å². The van der Waals surface area contributed by atoms with Gasteiger partial charge in [0.05, 0.1) is 6.61 Å². The number of aliphatic hydroxyl groups excluding tert-OH is 1. The minimum Gasteiger partial charge on any atom is -0.395 e. The third-order valence-corrected chi connectivity index (χ3v) is 4.05. The van der Waals surface area contributed by atoms with Gasteiger partial charge in [0, 0.05) is 12.1 Å². The molecule has 18 heavy (non-hydrogen) atoms. The normalized spacial score (nSPS) is 20.5. The number of hydrogen-bond acceptors (Lipinski definition) is 4. The zero-order valence-electron chi connectivity index (χ0n) is 12.4. The molecule has 0 amide bonds. The molecule has 0 saturated carbocycles. The molecule has 0 radical (unpaired) electrons. The van der Waals surface area contributed by atoms with Crippen LogP contribution < -0.4 is 5.32 Å². The van der Waals surface area contributed by atoms with Crippen LogP contribution in [-0.2, 0) is 0 Å². The molecule has 4 heteroatoms. The monoisotopic (exact) mass is 257 g/mol. The lowest BCUT2D eigenvalue weighted by atomic mass is 10.0. The minimum absolute atomic E-state index is 0.251. The molecule has 1 heterocycles. The van der Waals surface area contributed by atoms with E-state index in [9.17, 15) is 5.11 Å². The van der Waals surface area contributed by atoms with Crippen LogP contribution in [0.15, 0.2) is 0 Å². The van der Waals surface area contributed by atoms with Crippen molar-refractivity contribution >= 4 is 0 Å². The van der Waals surface area contributed by atoms with E-state index in [0.717, 1.165) is 32.0 Å². The highest BCUT2D eigenvalue weighted by Gasteiger charge is 2.20. The molecule has 0 aromatic carbocycles. The van der Waals surface area contributed by atoms with E-state index in [1.54, 1.807) is 0 Å². The summed E-state index contributed by atoms with van der Waals surface area (Å²) in [4.78, 5) is 4.88. The highest BCUT2D eigenvalue weighted by molar-refractivity contribution is 4.78. The van der Waals surface area contributed by atoms with Crippen LogP contribution in [-0.4, -0.2) is 73.9 Å². The first-order valence-electron chi connectivity index (χ1n) is 7.40. The number of nitrogens with zero attached hydrogens (tertiary/aromatic N) is 2. The van der Waals surface area contributed by atoms with Crippen LogP contribution in [0.1, 0.15) is 32.6 Å². The summed E-state index contributed by atoms with van der Waals surface area (Å²) in [6, 6.07) is 0.991. The number of aliphatic hydroxyl groups is 1. The average molecular weight is 257 g/mol. The summed E-state index contributed by atoms with van der Waals surface area (Å²) >= 11 is 0. The van der Waals surface area contributed by atoms with Crippen molar-refractivity contribution in [2.45, 2.75) is 44.7 Å². The molecule has 1 aliphatic rings. The first kappa shape index (κ1) is 15.9. The summed E-state index contributed by atoms with van der Waals surface area (Å²) in [6.45, 7) is 6.92. The maximum absolute atomic E-state index is 9.32. The molecule has 1 saturated heterocycles. The number of likely N-dealkylation sites (tertiary alicyclic amines) is 1. The van der Waals surface area contributed by atoms with Gasteiger partial charge in [-0.2, -0.15) is 0 Å². The van der Waals surface area contributed by atoms with E-state index >= 15 is 0 Å². The van der Waals surface area contributed by atoms with Crippen molar-refractivity contribution < 1.29 is 5.11 Å². The molecule has 0 bridgehead atoms. The predicted octanol–water partition coefficient (Wildman–Crippen LogP) is 0.763. The lowest BCUT2D eigenvalue weighted by Gasteiger charge is -2.35. The molecular formula is C14H31N3O. The fourth-order valence-electron chi connectivity index (χ4n) is 2.58. The Hall–Kier alpha value is -0.160. The van der Waals surface area contributed by atoms with Crippen molar-refractivity contribution in [1.29, 1.82) is 0 Å². The van der Waals surface area contributed by atoms with Gasteiger partial charge >= 0.3 is 0 Å². The van der Waals surface area contributed by atoms with Crippen LogP contribution in [0.25, 0.3) is 0 Å². The molecule has 108 valence electrons. The van der Waals surface area contributed by atoms with E-state index in [4.69, 9.17) is 0 Å². The minimum atomic E-state index is 0.251. The van der Waals surface area contributed by atoms with Gasteiger partial charge in [0.2, 0.25) is 0 Å². The number of rotatable bonds is 8. The smallest absolute Gasteiger partial charge is 0.0585 e. The number of nitrogens with one attached hydrogen (secondary N) is 1. The quantitative estimate of drug-likeness (QED) is 0.673. The van der Waals surface area contributed by atoms with Crippen LogP contribution >= 0.6 is 0 Å². The zero-order valence-corrected chi connectivity index (χ0v) is 12.4. The Morgan fingerprint density at radius 2 is 2.06 bits per heavy atom. The topological polar surface area (TPSA) is 38.7 Å². The second-order valence-corrected chi connectivity index (χ2v) is 5.64. The Labute approximate surface area is 112 Å². The van der Waals surface area contributed by atoms with Crippen LogP contribution in [0.2, 0.25) is 0 Å². The molecule has 1 fully saturated rings. The first-order valence-corrected chi connectivity index (χ1v) is 7.40. The fraction of sp³-hybridized carbons (Fsp3) is 1.00. The summed E-state index contributed by atoms with van der Waals surface area (Å²) in [6.07, 6.45) is 4.72. The molecule has 0 aromatic heterocycles. The SMILES string of the molecule is CCCNC(CO)CCN(C)C1CCN(C)CC1. The molecule has 1 atom stereocenters. The van der Waals surface area contributed by atoms with Gasteiger partial charge in [0.25, 0.3) is 0 Å². The maximum atomic E-state index is 9.32. The fourth-order valence-corrected chi connectivity index (χ4v) is 2.58. The van der Waals surface area contributed by atoms with Crippen molar-refractivity contribution in [3.05, 3.63) is 0 Å². The molecule has 1 aliphatic heterocycles. The Balaban J connectivity index is 2.20. The summed E-state index contributed by atoms with van der Waals surface area (Å²) in [7, 11) is 4.43. The van der Waals surface area contributed by atoms with Crippen LogP contribution in [0.3, 0.4) is 0 Å². The van der Waals surface area contributed by atoms with Gasteiger partial charge in [-0.3, -0.25) is 0 Å². The van der Waals surface area contributed by atoms with E-state index in [2.05, 4.69) is 36.1 Å². The molecule has 0 aromatic rings. The van der Waals surface area contributed by atoms with Crippen LogP contribution in [0, 0.1) is 0 Å². The zero-order chi connectivity index (χ0) is 13.4. The Kier molecular flexibility index (Phi) is 7.82. The van der Waals surface area contributed by atoms with Gasteiger partial charge in [0.15, 0.2) is 0 Å². The summed E-state index contributed by atoms with van der Waals surface area (Å²) in [5, 5.41) is 12.7. The third-order valence-electron chi connectivity index (χ3n) is 4.05. The summed E-state index contributed by atoms with van der Waals surface area (Å²) < 4.78 is 0. The standard InChI is InChI=1S/C14H31N3O/c1-4-8-15-13(12-18)5-11-17(3)14-6-9-16(2)10-7-14/h13-15,18H,4-12H2,1-3H3. The number of hydrogen-bond donors (Lipinski definition) is 2. The van der Waals surface area contributed by atoms with E-state index in [1.807, 2.05) is 0 Å². The first-order chi connectivity index (χ1) is 8.67. The molecule has 2 N–H and O–H groups in total. The van der Waals surface area contributed by atoms with Crippen molar-refractivity contribution in [2.24, 2.45) is 0 Å². The van der Waals surface area contributed by atoms with Gasteiger partial charge < -0.3 is 20.2 Å². The summed E-state index contributed by atoms with van der Waals surface area (Å²) in [5.74, 6) is 0. The Bertz CT molecular complexity index is 205. The van der Waals surface area contributed by atoms with Gasteiger partial charge in [0.1, 0.15) is 0 Å². The number of piperidine rings is 1.